The second-order valence-electron chi connectivity index (χ2n) is 7.52. The molecule has 2 aromatic rings. The van der Waals surface area contributed by atoms with Gasteiger partial charge in [0.1, 0.15) is 11.9 Å². The number of likely N-dealkylation sites (tertiary alicyclic amines) is 1. The van der Waals surface area contributed by atoms with Gasteiger partial charge in [0.2, 0.25) is 5.91 Å². The Balaban J connectivity index is 1.36. The molecule has 1 aromatic carbocycles. The van der Waals surface area contributed by atoms with Gasteiger partial charge in [0.05, 0.1) is 17.6 Å². The molecular weight excluding hydrogens is 361 g/mol. The van der Waals surface area contributed by atoms with E-state index in [4.69, 9.17) is 0 Å². The molecule has 28 heavy (non-hydrogen) atoms. The molecule has 2 amide bonds. The smallest absolute Gasteiger partial charge is 0.251 e. The number of carbonyl (C=O) groups is 2. The fourth-order valence-corrected chi connectivity index (χ4v) is 4.17. The molecule has 7 nitrogen and oxygen atoms in total. The molecule has 2 aliphatic heterocycles. The number of imidazole rings is 1. The molecule has 1 aromatic heterocycles. The number of carbonyl (C=O) groups excluding carboxylic acids is 2. The van der Waals surface area contributed by atoms with Crippen molar-refractivity contribution in [2.24, 2.45) is 0 Å². The highest BCUT2D eigenvalue weighted by Gasteiger charge is 2.42. The van der Waals surface area contributed by atoms with Crippen LogP contribution in [0.4, 0.5) is 4.39 Å². The Bertz CT molecular complexity index is 871. The van der Waals surface area contributed by atoms with Crippen molar-refractivity contribution in [1.82, 2.24) is 25.5 Å². The van der Waals surface area contributed by atoms with Gasteiger partial charge < -0.3 is 20.5 Å². The van der Waals surface area contributed by atoms with Crippen LogP contribution in [0.5, 0.6) is 0 Å². The number of aromatic nitrogens is 2. The molecule has 0 bridgehead atoms. The normalized spacial score (nSPS) is 19.1. The summed E-state index contributed by atoms with van der Waals surface area (Å²) in [6, 6.07) is 4.62. The van der Waals surface area contributed by atoms with Gasteiger partial charge in [0, 0.05) is 37.3 Å². The Morgan fingerprint density at radius 3 is 2.68 bits per heavy atom. The number of fused-ring (bicyclic) bond motifs is 2. The molecular formula is C20H24FN5O2. The lowest BCUT2D eigenvalue weighted by atomic mass is 9.80. The predicted molar refractivity (Wildman–Crippen MR) is 101 cm³/mol. The van der Waals surface area contributed by atoms with Gasteiger partial charge in [-0.3, -0.25) is 9.59 Å². The molecule has 3 heterocycles. The van der Waals surface area contributed by atoms with E-state index in [-0.39, 0.29) is 17.4 Å². The molecule has 8 heteroatoms. The SMILES string of the molecule is C[C@@H](NC(=O)c1ccc(F)cc1)C(=O)N1CCC2(CC1)NCCc1[nH]cnc12. The Morgan fingerprint density at radius 2 is 1.96 bits per heavy atom. The lowest BCUT2D eigenvalue weighted by molar-refractivity contribution is -0.134. The van der Waals surface area contributed by atoms with Crippen LogP contribution >= 0.6 is 0 Å². The third-order valence-corrected chi connectivity index (χ3v) is 5.76. The van der Waals surface area contributed by atoms with E-state index in [9.17, 15) is 14.0 Å². The lowest BCUT2D eigenvalue weighted by Gasteiger charge is -2.44. The monoisotopic (exact) mass is 385 g/mol. The molecule has 3 N–H and O–H groups in total. The van der Waals surface area contributed by atoms with E-state index in [2.05, 4.69) is 20.6 Å². The molecule has 1 spiro atoms. The maximum Gasteiger partial charge on any atom is 0.251 e. The summed E-state index contributed by atoms with van der Waals surface area (Å²) in [6.07, 6.45) is 4.25. The van der Waals surface area contributed by atoms with Gasteiger partial charge in [-0.2, -0.15) is 0 Å². The minimum Gasteiger partial charge on any atom is -0.348 e. The third-order valence-electron chi connectivity index (χ3n) is 5.76. The molecule has 148 valence electrons. The number of halogens is 1. The Hall–Kier alpha value is -2.74. The van der Waals surface area contributed by atoms with E-state index < -0.39 is 11.9 Å². The highest BCUT2D eigenvalue weighted by molar-refractivity contribution is 5.97. The molecule has 1 atom stereocenters. The summed E-state index contributed by atoms with van der Waals surface area (Å²) in [5, 5.41) is 6.31. The number of hydrogen-bond donors (Lipinski definition) is 3. The van der Waals surface area contributed by atoms with E-state index in [0.717, 1.165) is 31.5 Å². The van der Waals surface area contributed by atoms with Crippen LogP contribution in [0.1, 0.15) is 41.5 Å². The predicted octanol–water partition coefficient (Wildman–Crippen LogP) is 1.33. The van der Waals surface area contributed by atoms with E-state index in [0.29, 0.717) is 18.7 Å². The Kier molecular flexibility index (Phi) is 4.89. The van der Waals surface area contributed by atoms with Crippen molar-refractivity contribution in [3.05, 3.63) is 53.4 Å². The first-order valence-electron chi connectivity index (χ1n) is 9.61. The van der Waals surface area contributed by atoms with Gasteiger partial charge in [0.25, 0.3) is 5.91 Å². The van der Waals surface area contributed by atoms with E-state index in [1.54, 1.807) is 18.2 Å². The van der Waals surface area contributed by atoms with Crippen molar-refractivity contribution >= 4 is 11.8 Å². The number of nitrogens with one attached hydrogen (secondary N) is 3. The number of benzene rings is 1. The summed E-state index contributed by atoms with van der Waals surface area (Å²) in [5.74, 6) is -0.896. The van der Waals surface area contributed by atoms with E-state index in [1.165, 1.54) is 30.0 Å². The summed E-state index contributed by atoms with van der Waals surface area (Å²) < 4.78 is 13.0. The van der Waals surface area contributed by atoms with Gasteiger partial charge >= 0.3 is 0 Å². The second-order valence-corrected chi connectivity index (χ2v) is 7.52. The van der Waals surface area contributed by atoms with Crippen LogP contribution in [-0.2, 0) is 16.8 Å². The summed E-state index contributed by atoms with van der Waals surface area (Å²) >= 11 is 0. The van der Waals surface area contributed by atoms with Gasteiger partial charge in [0.15, 0.2) is 0 Å². The zero-order chi connectivity index (χ0) is 19.7. The quantitative estimate of drug-likeness (QED) is 0.744. The molecule has 0 aliphatic carbocycles. The van der Waals surface area contributed by atoms with E-state index in [1.807, 2.05) is 0 Å². The molecule has 0 unspecified atom stereocenters. The van der Waals surface area contributed by atoms with Crippen LogP contribution in [0.3, 0.4) is 0 Å². The van der Waals surface area contributed by atoms with Crippen molar-refractivity contribution in [3.63, 3.8) is 0 Å². The van der Waals surface area contributed by atoms with Crippen molar-refractivity contribution in [2.75, 3.05) is 19.6 Å². The minimum absolute atomic E-state index is 0.108. The molecule has 0 saturated carbocycles. The molecule has 1 saturated heterocycles. The zero-order valence-electron chi connectivity index (χ0n) is 15.8. The van der Waals surface area contributed by atoms with Crippen LogP contribution in [0.15, 0.2) is 30.6 Å². The molecule has 2 aliphatic rings. The van der Waals surface area contributed by atoms with Crippen molar-refractivity contribution in [1.29, 1.82) is 0 Å². The summed E-state index contributed by atoms with van der Waals surface area (Å²) in [6.45, 7) is 3.79. The molecule has 0 radical (unpaired) electrons. The molecule has 1 fully saturated rings. The number of piperidine rings is 1. The maximum absolute atomic E-state index is 13.0. The van der Waals surface area contributed by atoms with Crippen LogP contribution in [0.25, 0.3) is 0 Å². The summed E-state index contributed by atoms with van der Waals surface area (Å²) in [5.41, 5.74) is 2.41. The van der Waals surface area contributed by atoms with E-state index >= 15 is 0 Å². The Morgan fingerprint density at radius 1 is 1.25 bits per heavy atom. The number of aromatic amines is 1. The Labute approximate surface area is 162 Å². The van der Waals surface area contributed by atoms with Crippen molar-refractivity contribution < 1.29 is 14.0 Å². The third kappa shape index (κ3) is 3.40. The fourth-order valence-electron chi connectivity index (χ4n) is 4.17. The van der Waals surface area contributed by atoms with Crippen molar-refractivity contribution in [3.8, 4) is 0 Å². The number of nitrogens with zero attached hydrogens (tertiary/aromatic N) is 2. The first-order valence-corrected chi connectivity index (χ1v) is 9.61. The number of hydrogen-bond acceptors (Lipinski definition) is 4. The lowest BCUT2D eigenvalue weighted by Crippen LogP contribution is -2.57. The topological polar surface area (TPSA) is 90.1 Å². The fraction of sp³-hybridized carbons (Fsp3) is 0.450. The highest BCUT2D eigenvalue weighted by atomic mass is 19.1. The average Bonchev–Trinajstić information content (AvgIpc) is 3.19. The van der Waals surface area contributed by atoms with Gasteiger partial charge in [-0.1, -0.05) is 0 Å². The largest absolute Gasteiger partial charge is 0.348 e. The van der Waals surface area contributed by atoms with Gasteiger partial charge in [-0.25, -0.2) is 9.37 Å². The first-order chi connectivity index (χ1) is 13.5. The zero-order valence-corrected chi connectivity index (χ0v) is 15.8. The van der Waals surface area contributed by atoms with Crippen molar-refractivity contribution in [2.45, 2.75) is 37.8 Å². The van der Waals surface area contributed by atoms with Crippen LogP contribution < -0.4 is 10.6 Å². The number of H-pyrrole nitrogens is 1. The molecule has 4 rings (SSSR count). The summed E-state index contributed by atoms with van der Waals surface area (Å²) in [7, 11) is 0. The second kappa shape index (κ2) is 7.35. The van der Waals surface area contributed by atoms with Gasteiger partial charge in [-0.05, 0) is 44.0 Å². The number of rotatable bonds is 3. The standard InChI is InChI=1S/C20H24FN5O2/c1-13(25-18(27)14-2-4-15(21)5-3-14)19(28)26-10-7-20(8-11-26)17-16(6-9-24-20)22-12-23-17/h2-5,12-13,24H,6-11H2,1H3,(H,22,23)(H,25,27)/t13-/m1/s1. The highest BCUT2D eigenvalue weighted by Crippen LogP contribution is 2.35. The van der Waals surface area contributed by atoms with Gasteiger partial charge in [-0.15, -0.1) is 0 Å². The van der Waals surface area contributed by atoms with Crippen LogP contribution in [-0.4, -0.2) is 52.4 Å². The van der Waals surface area contributed by atoms with Crippen LogP contribution in [0, 0.1) is 5.82 Å². The summed E-state index contributed by atoms with van der Waals surface area (Å²) in [4.78, 5) is 34.6. The first kappa shape index (κ1) is 18.6. The minimum atomic E-state index is -0.646. The van der Waals surface area contributed by atoms with Crippen LogP contribution in [0.2, 0.25) is 0 Å². The number of amides is 2. The maximum atomic E-state index is 13.0. The average molecular weight is 385 g/mol.